The summed E-state index contributed by atoms with van der Waals surface area (Å²) >= 11 is 0. The molecule has 0 unspecified atom stereocenters. The zero-order chi connectivity index (χ0) is 17.4. The minimum atomic E-state index is -4.38. The molecule has 0 amide bonds. The maximum absolute atomic E-state index is 12.7. The Balaban J connectivity index is 1.46. The summed E-state index contributed by atoms with van der Waals surface area (Å²) < 4.78 is 38.2. The van der Waals surface area contributed by atoms with Crippen molar-refractivity contribution in [3.63, 3.8) is 0 Å². The van der Waals surface area contributed by atoms with Gasteiger partial charge in [-0.1, -0.05) is 12.1 Å². The molecule has 25 heavy (non-hydrogen) atoms. The van der Waals surface area contributed by atoms with Gasteiger partial charge in [-0.05, 0) is 31.0 Å². The Bertz CT molecular complexity index is 866. The molecule has 2 N–H and O–H groups in total. The molecule has 1 saturated heterocycles. The third-order valence-electron chi connectivity index (χ3n) is 4.71. The zero-order valence-corrected chi connectivity index (χ0v) is 13.5. The largest absolute Gasteiger partial charge is 0.432 e. The van der Waals surface area contributed by atoms with Crippen molar-refractivity contribution in [2.45, 2.75) is 31.5 Å². The van der Waals surface area contributed by atoms with Gasteiger partial charge in [-0.3, -0.25) is 10.00 Å². The molecule has 0 radical (unpaired) electrons. The van der Waals surface area contributed by atoms with Gasteiger partial charge in [0.05, 0.1) is 17.9 Å². The van der Waals surface area contributed by atoms with Gasteiger partial charge >= 0.3 is 6.18 Å². The Labute approximate surface area is 142 Å². The standard InChI is InChI=1S/C17H18F3N5/c18-17(19,20)15-8-21-16(23-15)13-2-1-5-25(10-13)9-11-3-4-12-7-22-24-14(12)6-11/h3-4,6-8,13H,1-2,5,9-10H2,(H,21,23)(H,22,24)/t13-/m1/s1. The Morgan fingerprint density at radius 2 is 2.12 bits per heavy atom. The highest BCUT2D eigenvalue weighted by atomic mass is 19.4. The fraction of sp³-hybridized carbons (Fsp3) is 0.412. The van der Waals surface area contributed by atoms with Gasteiger partial charge in [0.25, 0.3) is 0 Å². The van der Waals surface area contributed by atoms with Crippen LogP contribution in [-0.2, 0) is 12.7 Å². The molecule has 4 rings (SSSR count). The number of halogens is 3. The number of H-pyrrole nitrogens is 2. The summed E-state index contributed by atoms with van der Waals surface area (Å²) in [5, 5.41) is 8.04. The normalized spacial score (nSPS) is 19.6. The summed E-state index contributed by atoms with van der Waals surface area (Å²) in [4.78, 5) is 8.68. The van der Waals surface area contributed by atoms with Crippen molar-refractivity contribution in [1.29, 1.82) is 0 Å². The maximum atomic E-state index is 12.7. The number of aromatic amines is 2. The highest BCUT2D eigenvalue weighted by molar-refractivity contribution is 5.78. The van der Waals surface area contributed by atoms with E-state index in [-0.39, 0.29) is 5.92 Å². The van der Waals surface area contributed by atoms with Crippen molar-refractivity contribution >= 4 is 10.9 Å². The smallest absolute Gasteiger partial charge is 0.338 e. The van der Waals surface area contributed by atoms with Crippen LogP contribution in [0.25, 0.3) is 10.9 Å². The van der Waals surface area contributed by atoms with Gasteiger partial charge in [-0.2, -0.15) is 18.3 Å². The Morgan fingerprint density at radius 1 is 1.24 bits per heavy atom. The molecule has 0 aliphatic carbocycles. The van der Waals surface area contributed by atoms with E-state index in [1.54, 1.807) is 6.20 Å². The van der Waals surface area contributed by atoms with Crippen LogP contribution in [-0.4, -0.2) is 38.2 Å². The predicted octanol–water partition coefficient (Wildman–Crippen LogP) is 3.68. The number of imidazole rings is 1. The van der Waals surface area contributed by atoms with E-state index >= 15 is 0 Å². The summed E-state index contributed by atoms with van der Waals surface area (Å²) in [6, 6.07) is 6.16. The molecule has 0 saturated carbocycles. The number of alkyl halides is 3. The van der Waals surface area contributed by atoms with Crippen molar-refractivity contribution in [2.24, 2.45) is 0 Å². The zero-order valence-electron chi connectivity index (χ0n) is 13.5. The molecule has 8 heteroatoms. The van der Waals surface area contributed by atoms with Gasteiger partial charge in [0.2, 0.25) is 0 Å². The van der Waals surface area contributed by atoms with E-state index in [1.807, 2.05) is 6.07 Å². The summed E-state index contributed by atoms with van der Waals surface area (Å²) in [5.41, 5.74) is 1.38. The van der Waals surface area contributed by atoms with E-state index in [4.69, 9.17) is 0 Å². The molecule has 0 bridgehead atoms. The summed E-state index contributed by atoms with van der Waals surface area (Å²) in [6.07, 6.45) is 0.0879. The first-order valence-corrected chi connectivity index (χ1v) is 8.25. The first-order chi connectivity index (χ1) is 12.0. The van der Waals surface area contributed by atoms with Gasteiger partial charge in [0.15, 0.2) is 0 Å². The molecule has 3 aromatic rings. The fourth-order valence-electron chi connectivity index (χ4n) is 3.45. The molecule has 1 aliphatic heterocycles. The van der Waals surface area contributed by atoms with E-state index < -0.39 is 11.9 Å². The molecule has 1 aromatic carbocycles. The summed E-state index contributed by atoms with van der Waals surface area (Å²) in [6.45, 7) is 2.40. The van der Waals surface area contributed by atoms with E-state index in [0.717, 1.165) is 48.6 Å². The van der Waals surface area contributed by atoms with Crippen molar-refractivity contribution in [3.8, 4) is 0 Å². The molecule has 0 spiro atoms. The number of hydrogen-bond acceptors (Lipinski definition) is 3. The van der Waals surface area contributed by atoms with Gasteiger partial charge in [0.1, 0.15) is 11.5 Å². The van der Waals surface area contributed by atoms with Gasteiger partial charge < -0.3 is 4.98 Å². The van der Waals surface area contributed by atoms with E-state index in [2.05, 4.69) is 37.2 Å². The Hall–Kier alpha value is -2.35. The number of nitrogens with one attached hydrogen (secondary N) is 2. The monoisotopic (exact) mass is 349 g/mol. The summed E-state index contributed by atoms with van der Waals surface area (Å²) in [7, 11) is 0. The van der Waals surface area contributed by atoms with Crippen LogP contribution >= 0.6 is 0 Å². The number of benzene rings is 1. The van der Waals surface area contributed by atoms with Crippen molar-refractivity contribution in [2.75, 3.05) is 13.1 Å². The highest BCUT2D eigenvalue weighted by Crippen LogP contribution is 2.31. The van der Waals surface area contributed by atoms with Crippen LogP contribution < -0.4 is 0 Å². The summed E-state index contributed by atoms with van der Waals surface area (Å²) in [5.74, 6) is 0.432. The van der Waals surface area contributed by atoms with Crippen LogP contribution in [0.5, 0.6) is 0 Å². The van der Waals surface area contributed by atoms with Gasteiger partial charge in [-0.25, -0.2) is 4.98 Å². The SMILES string of the molecule is FC(F)(F)c1cnc([C@@H]2CCCN(Cc3ccc4cn[nH]c4c3)C2)[nH]1. The van der Waals surface area contributed by atoms with Gasteiger partial charge in [0, 0.05) is 24.4 Å². The molecule has 1 atom stereocenters. The first-order valence-electron chi connectivity index (χ1n) is 8.25. The minimum absolute atomic E-state index is 0.000681. The van der Waals surface area contributed by atoms with Crippen molar-refractivity contribution in [3.05, 3.63) is 47.7 Å². The van der Waals surface area contributed by atoms with Crippen LogP contribution in [0.4, 0.5) is 13.2 Å². The molecule has 3 heterocycles. The number of aromatic nitrogens is 4. The van der Waals surface area contributed by atoms with Crippen LogP contribution in [0.2, 0.25) is 0 Å². The van der Waals surface area contributed by atoms with E-state index in [1.165, 1.54) is 0 Å². The topological polar surface area (TPSA) is 60.6 Å². The molecule has 1 fully saturated rings. The third kappa shape index (κ3) is 3.39. The number of likely N-dealkylation sites (tertiary alicyclic amines) is 1. The Kier molecular flexibility index (Phi) is 3.99. The molecular formula is C17H18F3N5. The van der Waals surface area contributed by atoms with E-state index in [9.17, 15) is 13.2 Å². The number of hydrogen-bond donors (Lipinski definition) is 2. The predicted molar refractivity (Wildman–Crippen MR) is 86.9 cm³/mol. The van der Waals surface area contributed by atoms with Gasteiger partial charge in [-0.15, -0.1) is 0 Å². The molecule has 2 aromatic heterocycles. The number of piperidine rings is 1. The molecule has 5 nitrogen and oxygen atoms in total. The lowest BCUT2D eigenvalue weighted by Crippen LogP contribution is -2.34. The lowest BCUT2D eigenvalue weighted by molar-refractivity contribution is -0.141. The van der Waals surface area contributed by atoms with E-state index in [0.29, 0.717) is 12.4 Å². The minimum Gasteiger partial charge on any atom is -0.338 e. The quantitative estimate of drug-likeness (QED) is 0.758. The third-order valence-corrected chi connectivity index (χ3v) is 4.71. The average Bonchev–Trinajstić information content (AvgIpc) is 3.24. The molecule has 132 valence electrons. The van der Waals surface area contributed by atoms with Crippen molar-refractivity contribution in [1.82, 2.24) is 25.1 Å². The van der Waals surface area contributed by atoms with Crippen LogP contribution in [0.3, 0.4) is 0 Å². The second-order valence-corrected chi connectivity index (χ2v) is 6.55. The first kappa shape index (κ1) is 16.1. The average molecular weight is 349 g/mol. The van der Waals surface area contributed by atoms with Crippen LogP contribution in [0, 0.1) is 0 Å². The lowest BCUT2D eigenvalue weighted by Gasteiger charge is -2.31. The maximum Gasteiger partial charge on any atom is 0.432 e. The highest BCUT2D eigenvalue weighted by Gasteiger charge is 2.34. The number of fused-ring (bicyclic) bond motifs is 1. The fourth-order valence-corrected chi connectivity index (χ4v) is 3.45. The second-order valence-electron chi connectivity index (χ2n) is 6.55. The van der Waals surface area contributed by atoms with Crippen LogP contribution in [0.1, 0.15) is 35.8 Å². The van der Waals surface area contributed by atoms with Crippen molar-refractivity contribution < 1.29 is 13.2 Å². The molecular weight excluding hydrogens is 331 g/mol. The molecule has 1 aliphatic rings. The Morgan fingerprint density at radius 3 is 2.92 bits per heavy atom. The second kappa shape index (κ2) is 6.18. The number of nitrogens with zero attached hydrogens (tertiary/aromatic N) is 3. The lowest BCUT2D eigenvalue weighted by atomic mass is 9.97. The number of rotatable bonds is 3. The van der Waals surface area contributed by atoms with Crippen LogP contribution in [0.15, 0.2) is 30.6 Å².